The summed E-state index contributed by atoms with van der Waals surface area (Å²) in [6.45, 7) is 3.69. The van der Waals surface area contributed by atoms with E-state index in [4.69, 9.17) is 10.5 Å². The largest absolute Gasteiger partial charge is 0.385 e. The predicted octanol–water partition coefficient (Wildman–Crippen LogP) is 0.849. The second-order valence-corrected chi connectivity index (χ2v) is 3.24. The number of anilines is 1. The third kappa shape index (κ3) is 2.70. The van der Waals surface area contributed by atoms with E-state index in [2.05, 4.69) is 17.2 Å². The normalized spacial score (nSPS) is 10.7. The van der Waals surface area contributed by atoms with Crippen LogP contribution in [0.25, 0.3) is 0 Å². The van der Waals surface area contributed by atoms with Crippen molar-refractivity contribution in [1.82, 2.24) is 15.0 Å². The van der Waals surface area contributed by atoms with Crippen molar-refractivity contribution in [3.63, 3.8) is 0 Å². The van der Waals surface area contributed by atoms with Crippen LogP contribution in [0.3, 0.4) is 0 Å². The van der Waals surface area contributed by atoms with E-state index < -0.39 is 0 Å². The van der Waals surface area contributed by atoms with Gasteiger partial charge >= 0.3 is 0 Å². The van der Waals surface area contributed by atoms with Gasteiger partial charge in [-0.05, 0) is 12.8 Å². The van der Waals surface area contributed by atoms with E-state index in [1.807, 2.05) is 4.68 Å². The molecule has 0 aliphatic heterocycles. The van der Waals surface area contributed by atoms with Crippen LogP contribution in [0.1, 0.15) is 25.5 Å². The van der Waals surface area contributed by atoms with Crippen molar-refractivity contribution >= 4 is 5.82 Å². The van der Waals surface area contributed by atoms with E-state index in [1.165, 1.54) is 0 Å². The average molecular weight is 198 g/mol. The summed E-state index contributed by atoms with van der Waals surface area (Å²) in [5.74, 6) is 0.560. The van der Waals surface area contributed by atoms with Crippen LogP contribution < -0.4 is 5.73 Å². The molecule has 0 fully saturated rings. The molecule has 0 saturated heterocycles. The molecule has 0 atom stereocenters. The summed E-state index contributed by atoms with van der Waals surface area (Å²) in [6.07, 6.45) is 2.93. The molecule has 0 spiro atoms. The molecule has 0 radical (unpaired) electrons. The highest BCUT2D eigenvalue weighted by Gasteiger charge is 2.07. The van der Waals surface area contributed by atoms with Crippen molar-refractivity contribution in [2.24, 2.45) is 0 Å². The summed E-state index contributed by atoms with van der Waals surface area (Å²) in [5.41, 5.74) is 6.75. The Balaban J connectivity index is 2.56. The number of methoxy groups -OCH3 is 1. The minimum absolute atomic E-state index is 0.560. The lowest BCUT2D eigenvalue weighted by molar-refractivity contribution is 0.188. The van der Waals surface area contributed by atoms with Gasteiger partial charge in [0, 0.05) is 20.3 Å². The van der Waals surface area contributed by atoms with Crippen LogP contribution in [0.15, 0.2) is 0 Å². The highest BCUT2D eigenvalue weighted by atomic mass is 16.5. The molecule has 1 heterocycles. The smallest absolute Gasteiger partial charge is 0.169 e. The first-order chi connectivity index (χ1) is 6.79. The minimum Gasteiger partial charge on any atom is -0.385 e. The summed E-state index contributed by atoms with van der Waals surface area (Å²) in [4.78, 5) is 0. The number of nitrogens with zero attached hydrogens (tertiary/aromatic N) is 3. The maximum Gasteiger partial charge on any atom is 0.169 e. The first kappa shape index (κ1) is 11.0. The first-order valence-electron chi connectivity index (χ1n) is 4.96. The summed E-state index contributed by atoms with van der Waals surface area (Å²) < 4.78 is 6.85. The maximum atomic E-state index is 5.71. The van der Waals surface area contributed by atoms with Crippen molar-refractivity contribution in [1.29, 1.82) is 0 Å². The molecule has 0 amide bonds. The van der Waals surface area contributed by atoms with Gasteiger partial charge in [0.25, 0.3) is 0 Å². The van der Waals surface area contributed by atoms with Crippen LogP contribution in [-0.2, 0) is 17.7 Å². The van der Waals surface area contributed by atoms with Gasteiger partial charge in [0.1, 0.15) is 0 Å². The second kappa shape index (κ2) is 5.59. The average Bonchev–Trinajstić information content (AvgIpc) is 2.51. The Morgan fingerprint density at radius 1 is 1.50 bits per heavy atom. The van der Waals surface area contributed by atoms with Crippen LogP contribution in [0.5, 0.6) is 0 Å². The molecule has 2 N–H and O–H groups in total. The fourth-order valence-electron chi connectivity index (χ4n) is 1.38. The third-order valence-electron chi connectivity index (χ3n) is 2.07. The SMILES string of the molecule is CCCc1c(N)nnn1CCCOC. The van der Waals surface area contributed by atoms with Crippen LogP contribution in [0, 0.1) is 0 Å². The lowest BCUT2D eigenvalue weighted by Gasteiger charge is -2.04. The second-order valence-electron chi connectivity index (χ2n) is 3.24. The topological polar surface area (TPSA) is 66.0 Å². The van der Waals surface area contributed by atoms with Gasteiger partial charge in [-0.1, -0.05) is 18.6 Å². The fraction of sp³-hybridized carbons (Fsp3) is 0.778. The summed E-state index contributed by atoms with van der Waals surface area (Å²) >= 11 is 0. The molecule has 0 unspecified atom stereocenters. The Morgan fingerprint density at radius 2 is 2.29 bits per heavy atom. The van der Waals surface area contributed by atoms with Gasteiger partial charge in [0.05, 0.1) is 5.69 Å². The Kier molecular flexibility index (Phi) is 4.39. The van der Waals surface area contributed by atoms with Crippen molar-refractivity contribution in [3.8, 4) is 0 Å². The maximum absolute atomic E-state index is 5.71. The molecule has 0 aliphatic carbocycles. The zero-order valence-electron chi connectivity index (χ0n) is 8.86. The van der Waals surface area contributed by atoms with Gasteiger partial charge in [-0.3, -0.25) is 0 Å². The number of aromatic nitrogens is 3. The third-order valence-corrected chi connectivity index (χ3v) is 2.07. The Bertz CT molecular complexity index is 272. The van der Waals surface area contributed by atoms with Crippen molar-refractivity contribution < 1.29 is 4.74 Å². The van der Waals surface area contributed by atoms with E-state index in [0.717, 1.165) is 38.1 Å². The van der Waals surface area contributed by atoms with Gasteiger partial charge in [-0.15, -0.1) is 5.10 Å². The van der Waals surface area contributed by atoms with Crippen molar-refractivity contribution in [2.45, 2.75) is 32.7 Å². The van der Waals surface area contributed by atoms with Gasteiger partial charge in [0.2, 0.25) is 0 Å². The Morgan fingerprint density at radius 3 is 2.93 bits per heavy atom. The minimum atomic E-state index is 0.560. The van der Waals surface area contributed by atoms with Gasteiger partial charge in [-0.25, -0.2) is 4.68 Å². The van der Waals surface area contributed by atoms with Gasteiger partial charge in [0.15, 0.2) is 5.82 Å². The van der Waals surface area contributed by atoms with Crippen LogP contribution >= 0.6 is 0 Å². The Labute approximate surface area is 84.2 Å². The van der Waals surface area contributed by atoms with E-state index in [-0.39, 0.29) is 0 Å². The van der Waals surface area contributed by atoms with Crippen LogP contribution in [0.2, 0.25) is 0 Å². The molecule has 1 rings (SSSR count). The standard InChI is InChI=1S/C9H18N4O/c1-3-5-8-9(10)11-12-13(8)6-4-7-14-2/h3-7,10H2,1-2H3. The fourth-order valence-corrected chi connectivity index (χ4v) is 1.38. The monoisotopic (exact) mass is 198 g/mol. The molecule has 0 aliphatic rings. The number of ether oxygens (including phenoxy) is 1. The van der Waals surface area contributed by atoms with Crippen molar-refractivity contribution in [2.75, 3.05) is 19.5 Å². The first-order valence-corrected chi connectivity index (χ1v) is 4.96. The zero-order valence-corrected chi connectivity index (χ0v) is 8.86. The lowest BCUT2D eigenvalue weighted by Crippen LogP contribution is -2.08. The molecule has 80 valence electrons. The molecule has 0 bridgehead atoms. The van der Waals surface area contributed by atoms with Crippen molar-refractivity contribution in [3.05, 3.63) is 5.69 Å². The molecule has 14 heavy (non-hydrogen) atoms. The molecule has 1 aromatic rings. The summed E-state index contributed by atoms with van der Waals surface area (Å²) in [7, 11) is 1.70. The number of hydrogen-bond acceptors (Lipinski definition) is 4. The molecule has 5 nitrogen and oxygen atoms in total. The highest BCUT2D eigenvalue weighted by Crippen LogP contribution is 2.10. The quantitative estimate of drug-likeness (QED) is 0.688. The molecular weight excluding hydrogens is 180 g/mol. The predicted molar refractivity (Wildman–Crippen MR) is 54.9 cm³/mol. The molecule has 0 saturated carbocycles. The van der Waals surface area contributed by atoms with E-state index in [1.54, 1.807) is 7.11 Å². The molecule has 5 heteroatoms. The number of aryl methyl sites for hydroxylation is 1. The van der Waals surface area contributed by atoms with Crippen LogP contribution in [-0.4, -0.2) is 28.7 Å². The number of nitrogens with two attached hydrogens (primary N) is 1. The molecular formula is C9H18N4O. The molecule has 0 aromatic carbocycles. The lowest BCUT2D eigenvalue weighted by atomic mass is 10.2. The number of hydrogen-bond donors (Lipinski definition) is 1. The van der Waals surface area contributed by atoms with Gasteiger partial charge < -0.3 is 10.5 Å². The molecule has 1 aromatic heterocycles. The summed E-state index contributed by atoms with van der Waals surface area (Å²) in [6, 6.07) is 0. The number of nitrogen functional groups attached to an aromatic ring is 1. The van der Waals surface area contributed by atoms with E-state index >= 15 is 0 Å². The van der Waals surface area contributed by atoms with Gasteiger partial charge in [-0.2, -0.15) is 0 Å². The van der Waals surface area contributed by atoms with E-state index in [0.29, 0.717) is 5.82 Å². The van der Waals surface area contributed by atoms with E-state index in [9.17, 15) is 0 Å². The summed E-state index contributed by atoms with van der Waals surface area (Å²) in [5, 5.41) is 7.86. The highest BCUT2D eigenvalue weighted by molar-refractivity contribution is 5.32. The Hall–Kier alpha value is -1.10. The zero-order chi connectivity index (χ0) is 10.4. The number of rotatable bonds is 6. The van der Waals surface area contributed by atoms with Crippen LogP contribution in [0.4, 0.5) is 5.82 Å².